The van der Waals surface area contributed by atoms with Gasteiger partial charge >= 0.3 is 0 Å². The first-order valence-corrected chi connectivity index (χ1v) is 7.84. The first kappa shape index (κ1) is 14.1. The van der Waals surface area contributed by atoms with Crippen molar-refractivity contribution in [1.29, 1.82) is 0 Å². The van der Waals surface area contributed by atoms with Gasteiger partial charge in [-0.3, -0.25) is 0 Å². The molecule has 0 radical (unpaired) electrons. The van der Waals surface area contributed by atoms with Crippen molar-refractivity contribution in [2.45, 2.75) is 65.1 Å². The fourth-order valence-electron chi connectivity index (χ4n) is 3.77. The lowest BCUT2D eigenvalue weighted by atomic mass is 9.62. The van der Waals surface area contributed by atoms with Crippen LogP contribution in [-0.4, -0.2) is 17.3 Å². The van der Waals surface area contributed by atoms with Crippen molar-refractivity contribution in [3.05, 3.63) is 35.4 Å². The molecule has 0 saturated heterocycles. The van der Waals surface area contributed by atoms with E-state index in [-0.39, 0.29) is 16.9 Å². The van der Waals surface area contributed by atoms with E-state index in [1.54, 1.807) is 0 Å². The summed E-state index contributed by atoms with van der Waals surface area (Å²) in [4.78, 5) is 0. The van der Waals surface area contributed by atoms with Crippen LogP contribution in [0, 0.1) is 10.8 Å². The van der Waals surface area contributed by atoms with Gasteiger partial charge in [-0.25, -0.2) is 0 Å². The molecule has 2 heteroatoms. The van der Waals surface area contributed by atoms with Gasteiger partial charge in [0.2, 0.25) is 0 Å². The predicted octanol–water partition coefficient (Wildman–Crippen LogP) is 3.45. The number of rotatable bonds is 2. The first-order chi connectivity index (χ1) is 9.32. The van der Waals surface area contributed by atoms with Gasteiger partial charge < -0.3 is 10.4 Å². The highest BCUT2D eigenvalue weighted by atomic mass is 16.3. The molecule has 0 bridgehead atoms. The minimum atomic E-state index is -0.165. The highest BCUT2D eigenvalue weighted by molar-refractivity contribution is 5.34. The summed E-state index contributed by atoms with van der Waals surface area (Å²) in [5, 5.41) is 13.8. The van der Waals surface area contributed by atoms with Crippen molar-refractivity contribution in [3.8, 4) is 0 Å². The second-order valence-corrected chi connectivity index (χ2v) is 7.91. The smallest absolute Gasteiger partial charge is 0.0621 e. The minimum Gasteiger partial charge on any atom is -0.392 e. The Hall–Kier alpha value is -0.860. The van der Waals surface area contributed by atoms with Gasteiger partial charge in [-0.2, -0.15) is 0 Å². The lowest BCUT2D eigenvalue weighted by Gasteiger charge is -2.53. The number of benzene rings is 1. The third kappa shape index (κ3) is 2.10. The number of aliphatic hydroxyl groups excluding tert-OH is 1. The van der Waals surface area contributed by atoms with Gasteiger partial charge in [0, 0.05) is 17.5 Å². The van der Waals surface area contributed by atoms with Crippen LogP contribution in [-0.2, 0) is 6.42 Å². The van der Waals surface area contributed by atoms with E-state index >= 15 is 0 Å². The molecule has 20 heavy (non-hydrogen) atoms. The van der Waals surface area contributed by atoms with Crippen LogP contribution in [0.1, 0.15) is 57.7 Å². The molecule has 0 aliphatic heterocycles. The van der Waals surface area contributed by atoms with Crippen LogP contribution in [0.15, 0.2) is 24.3 Å². The molecule has 3 unspecified atom stereocenters. The number of hydrogen-bond acceptors (Lipinski definition) is 2. The van der Waals surface area contributed by atoms with E-state index in [0.29, 0.717) is 12.1 Å². The summed E-state index contributed by atoms with van der Waals surface area (Å²) in [6, 6.07) is 9.63. The zero-order valence-electron chi connectivity index (χ0n) is 13.1. The second-order valence-electron chi connectivity index (χ2n) is 7.91. The van der Waals surface area contributed by atoms with Gasteiger partial charge in [0.1, 0.15) is 0 Å². The van der Waals surface area contributed by atoms with Gasteiger partial charge in [-0.05, 0) is 35.8 Å². The highest BCUT2D eigenvalue weighted by Crippen LogP contribution is 2.47. The van der Waals surface area contributed by atoms with Gasteiger partial charge in [0.05, 0.1) is 6.10 Å². The Kier molecular flexibility index (Phi) is 3.22. The van der Waals surface area contributed by atoms with E-state index in [1.165, 1.54) is 24.0 Å². The molecule has 2 aliphatic rings. The zero-order chi connectivity index (χ0) is 14.5. The number of aryl methyl sites for hydroxylation is 1. The molecule has 0 aromatic heterocycles. The summed E-state index contributed by atoms with van der Waals surface area (Å²) in [5.74, 6) is 0. The molecular formula is C18H27NO. The van der Waals surface area contributed by atoms with Crippen molar-refractivity contribution in [2.75, 3.05) is 0 Å². The van der Waals surface area contributed by atoms with Crippen molar-refractivity contribution in [2.24, 2.45) is 10.8 Å². The number of fused-ring (bicyclic) bond motifs is 1. The lowest BCUT2D eigenvalue weighted by molar-refractivity contribution is -0.0815. The molecule has 2 N–H and O–H groups in total. The van der Waals surface area contributed by atoms with Crippen LogP contribution in [0.3, 0.4) is 0 Å². The largest absolute Gasteiger partial charge is 0.392 e. The third-order valence-corrected chi connectivity index (χ3v) is 5.77. The van der Waals surface area contributed by atoms with E-state index in [2.05, 4.69) is 57.3 Å². The topological polar surface area (TPSA) is 32.3 Å². The summed E-state index contributed by atoms with van der Waals surface area (Å²) in [6.07, 6.45) is 3.11. The third-order valence-electron chi connectivity index (χ3n) is 5.77. The maximum atomic E-state index is 9.96. The number of aliphatic hydroxyl groups is 1. The second kappa shape index (κ2) is 4.57. The van der Waals surface area contributed by atoms with Crippen molar-refractivity contribution >= 4 is 0 Å². The number of hydrogen-bond donors (Lipinski definition) is 2. The Morgan fingerprint density at radius 3 is 2.50 bits per heavy atom. The van der Waals surface area contributed by atoms with Crippen LogP contribution < -0.4 is 5.32 Å². The summed E-state index contributed by atoms with van der Waals surface area (Å²) >= 11 is 0. The molecule has 3 rings (SSSR count). The van der Waals surface area contributed by atoms with E-state index in [0.717, 1.165) is 6.42 Å². The van der Waals surface area contributed by atoms with Crippen LogP contribution in [0.25, 0.3) is 0 Å². The van der Waals surface area contributed by atoms with Gasteiger partial charge in [0.15, 0.2) is 0 Å². The van der Waals surface area contributed by atoms with Crippen LogP contribution >= 0.6 is 0 Å². The van der Waals surface area contributed by atoms with Gasteiger partial charge in [-0.15, -0.1) is 0 Å². The Balaban J connectivity index is 1.87. The van der Waals surface area contributed by atoms with Crippen molar-refractivity contribution in [1.82, 2.24) is 5.32 Å². The van der Waals surface area contributed by atoms with Crippen LogP contribution in [0.5, 0.6) is 0 Å². The molecular weight excluding hydrogens is 246 g/mol. The number of nitrogens with one attached hydrogen (secondary N) is 1. The van der Waals surface area contributed by atoms with E-state index in [1.807, 2.05) is 0 Å². The van der Waals surface area contributed by atoms with E-state index in [4.69, 9.17) is 0 Å². The fraction of sp³-hybridized carbons (Fsp3) is 0.667. The summed E-state index contributed by atoms with van der Waals surface area (Å²) in [5.41, 5.74) is 3.20. The van der Waals surface area contributed by atoms with Crippen LogP contribution in [0.4, 0.5) is 0 Å². The average Bonchev–Trinajstić information content (AvgIpc) is 2.41. The lowest BCUT2D eigenvalue weighted by Crippen LogP contribution is -2.62. The molecule has 0 spiro atoms. The highest BCUT2D eigenvalue weighted by Gasteiger charge is 2.49. The molecule has 3 atom stereocenters. The molecule has 0 heterocycles. The Morgan fingerprint density at radius 1 is 1.15 bits per heavy atom. The molecule has 2 aliphatic carbocycles. The summed E-state index contributed by atoms with van der Waals surface area (Å²) in [7, 11) is 0. The molecule has 2 nitrogen and oxygen atoms in total. The SMILES string of the molecule is CC1(C)CCc2ccccc2C1NC1CC(O)C1(C)C. The molecule has 1 fully saturated rings. The van der Waals surface area contributed by atoms with Gasteiger partial charge in [0.25, 0.3) is 0 Å². The maximum absolute atomic E-state index is 9.96. The summed E-state index contributed by atoms with van der Waals surface area (Å²) < 4.78 is 0. The normalized spacial score (nSPS) is 34.1. The first-order valence-electron chi connectivity index (χ1n) is 7.84. The molecule has 1 aromatic rings. The van der Waals surface area contributed by atoms with Gasteiger partial charge in [-0.1, -0.05) is 52.0 Å². The minimum absolute atomic E-state index is 0.0114. The Labute approximate surface area is 122 Å². The zero-order valence-corrected chi connectivity index (χ0v) is 13.1. The molecule has 1 aromatic carbocycles. The monoisotopic (exact) mass is 273 g/mol. The molecule has 110 valence electrons. The molecule has 0 amide bonds. The predicted molar refractivity (Wildman–Crippen MR) is 82.6 cm³/mol. The summed E-state index contributed by atoms with van der Waals surface area (Å²) in [6.45, 7) is 9.06. The van der Waals surface area contributed by atoms with E-state index in [9.17, 15) is 5.11 Å². The molecule has 1 saturated carbocycles. The fourth-order valence-corrected chi connectivity index (χ4v) is 3.77. The maximum Gasteiger partial charge on any atom is 0.0621 e. The van der Waals surface area contributed by atoms with E-state index < -0.39 is 0 Å². The standard InChI is InChI=1S/C18H27NO/c1-17(2)10-9-12-7-5-6-8-13(12)16(17)19-14-11-15(20)18(14,3)4/h5-8,14-16,19-20H,9-11H2,1-4H3. The average molecular weight is 273 g/mol. The quantitative estimate of drug-likeness (QED) is 0.865. The van der Waals surface area contributed by atoms with Crippen molar-refractivity contribution in [3.63, 3.8) is 0 Å². The Morgan fingerprint density at radius 2 is 1.85 bits per heavy atom. The van der Waals surface area contributed by atoms with Crippen LogP contribution in [0.2, 0.25) is 0 Å². The van der Waals surface area contributed by atoms with Crippen molar-refractivity contribution < 1.29 is 5.11 Å². The Bertz CT molecular complexity index is 506.